The Morgan fingerprint density at radius 2 is 1.72 bits per heavy atom. The van der Waals surface area contributed by atoms with Crippen molar-refractivity contribution in [3.8, 4) is 0 Å². The third-order valence-corrected chi connectivity index (χ3v) is 7.83. The Bertz CT molecular complexity index is 1320. The summed E-state index contributed by atoms with van der Waals surface area (Å²) < 4.78 is 34.1. The zero-order valence-corrected chi connectivity index (χ0v) is 19.1. The lowest BCUT2D eigenvalue weighted by molar-refractivity contribution is -0.116. The minimum Gasteiger partial charge on any atom is -0.408 e. The number of nitrogens with one attached hydrogen (secondary N) is 1. The van der Waals surface area contributed by atoms with E-state index in [2.05, 4.69) is 5.32 Å². The SMILES string of the molecule is Cc1ccc(NC(=O)Cn2c(=O)oc3cc(S(=O)(=O)N4CCCCCC4)ccc32)cc1C. The molecular formula is C23H27N3O5S. The number of fused-ring (bicyclic) bond motifs is 1. The number of anilines is 1. The molecule has 0 spiro atoms. The number of carbonyl (C=O) groups is 1. The van der Waals surface area contributed by atoms with Crippen LogP contribution in [-0.2, 0) is 21.4 Å². The fourth-order valence-electron chi connectivity index (χ4n) is 3.95. The van der Waals surface area contributed by atoms with E-state index in [1.54, 1.807) is 6.07 Å². The Hall–Kier alpha value is -2.91. The highest BCUT2D eigenvalue weighted by molar-refractivity contribution is 7.89. The number of oxazole rings is 1. The fourth-order valence-corrected chi connectivity index (χ4v) is 5.48. The van der Waals surface area contributed by atoms with Crippen LogP contribution in [0.15, 0.2) is 50.5 Å². The zero-order chi connectivity index (χ0) is 22.9. The van der Waals surface area contributed by atoms with Gasteiger partial charge in [0, 0.05) is 24.8 Å². The molecule has 0 saturated carbocycles. The van der Waals surface area contributed by atoms with Gasteiger partial charge < -0.3 is 9.73 Å². The van der Waals surface area contributed by atoms with Gasteiger partial charge in [0.25, 0.3) is 0 Å². The van der Waals surface area contributed by atoms with Crippen molar-refractivity contribution in [3.05, 3.63) is 58.1 Å². The monoisotopic (exact) mass is 457 g/mol. The van der Waals surface area contributed by atoms with E-state index < -0.39 is 15.8 Å². The van der Waals surface area contributed by atoms with Crippen molar-refractivity contribution in [2.75, 3.05) is 18.4 Å². The van der Waals surface area contributed by atoms with E-state index in [-0.39, 0.29) is 22.9 Å². The van der Waals surface area contributed by atoms with Crippen molar-refractivity contribution in [1.82, 2.24) is 8.87 Å². The molecule has 1 saturated heterocycles. The van der Waals surface area contributed by atoms with Gasteiger partial charge in [0.1, 0.15) is 6.54 Å². The number of benzene rings is 2. The van der Waals surface area contributed by atoms with Gasteiger partial charge in [0.2, 0.25) is 15.9 Å². The maximum atomic E-state index is 13.0. The lowest BCUT2D eigenvalue weighted by Crippen LogP contribution is -2.31. The molecule has 0 bridgehead atoms. The van der Waals surface area contributed by atoms with Crippen molar-refractivity contribution in [1.29, 1.82) is 0 Å². The second-order valence-corrected chi connectivity index (χ2v) is 10.2. The van der Waals surface area contributed by atoms with E-state index in [0.29, 0.717) is 24.3 Å². The van der Waals surface area contributed by atoms with Gasteiger partial charge in [0.15, 0.2) is 5.58 Å². The van der Waals surface area contributed by atoms with E-state index in [9.17, 15) is 18.0 Å². The van der Waals surface area contributed by atoms with Gasteiger partial charge in [-0.1, -0.05) is 18.9 Å². The Morgan fingerprint density at radius 3 is 2.41 bits per heavy atom. The predicted octanol–water partition coefficient (Wildman–Crippen LogP) is 3.41. The maximum Gasteiger partial charge on any atom is 0.420 e. The molecule has 0 aliphatic carbocycles. The smallest absolute Gasteiger partial charge is 0.408 e. The summed E-state index contributed by atoms with van der Waals surface area (Å²) in [5.74, 6) is -1.08. The molecule has 2 aromatic carbocycles. The van der Waals surface area contributed by atoms with Crippen LogP contribution in [0, 0.1) is 13.8 Å². The minimum atomic E-state index is -3.67. The summed E-state index contributed by atoms with van der Waals surface area (Å²) in [6.45, 7) is 4.68. The lowest BCUT2D eigenvalue weighted by Gasteiger charge is -2.19. The number of nitrogens with zero attached hydrogens (tertiary/aromatic N) is 2. The third kappa shape index (κ3) is 4.49. The second kappa shape index (κ2) is 8.91. The van der Waals surface area contributed by atoms with Gasteiger partial charge in [-0.2, -0.15) is 4.31 Å². The third-order valence-electron chi connectivity index (χ3n) is 5.93. The van der Waals surface area contributed by atoms with E-state index in [1.807, 2.05) is 26.0 Å². The average Bonchev–Trinajstić information content (AvgIpc) is 2.92. The fraction of sp³-hybridized carbons (Fsp3) is 0.391. The molecule has 9 heteroatoms. The molecule has 2 heterocycles. The van der Waals surface area contributed by atoms with Crippen LogP contribution >= 0.6 is 0 Å². The molecule has 1 fully saturated rings. The highest BCUT2D eigenvalue weighted by Gasteiger charge is 2.26. The first-order chi connectivity index (χ1) is 15.3. The molecule has 3 aromatic rings. The largest absolute Gasteiger partial charge is 0.420 e. The van der Waals surface area contributed by atoms with Gasteiger partial charge >= 0.3 is 5.76 Å². The summed E-state index contributed by atoms with van der Waals surface area (Å²) >= 11 is 0. The normalized spacial score (nSPS) is 15.6. The van der Waals surface area contributed by atoms with Crippen LogP contribution in [0.2, 0.25) is 0 Å². The highest BCUT2D eigenvalue weighted by Crippen LogP contribution is 2.24. The van der Waals surface area contributed by atoms with E-state index in [0.717, 1.165) is 36.8 Å². The molecule has 1 aliphatic rings. The van der Waals surface area contributed by atoms with Crippen molar-refractivity contribution >= 4 is 32.7 Å². The molecule has 170 valence electrons. The number of amides is 1. The first-order valence-corrected chi connectivity index (χ1v) is 12.2. The number of hydrogen-bond donors (Lipinski definition) is 1. The van der Waals surface area contributed by atoms with Crippen molar-refractivity contribution in [3.63, 3.8) is 0 Å². The highest BCUT2D eigenvalue weighted by atomic mass is 32.2. The van der Waals surface area contributed by atoms with Gasteiger partial charge in [-0.15, -0.1) is 0 Å². The molecule has 0 atom stereocenters. The molecular weight excluding hydrogens is 430 g/mol. The van der Waals surface area contributed by atoms with E-state index >= 15 is 0 Å². The molecule has 1 N–H and O–H groups in total. The number of aromatic nitrogens is 1. The first-order valence-electron chi connectivity index (χ1n) is 10.8. The van der Waals surface area contributed by atoms with Gasteiger partial charge in [0.05, 0.1) is 10.4 Å². The van der Waals surface area contributed by atoms with Crippen LogP contribution in [0.4, 0.5) is 5.69 Å². The van der Waals surface area contributed by atoms with Crippen molar-refractivity contribution < 1.29 is 17.6 Å². The molecule has 1 amide bonds. The second-order valence-electron chi connectivity index (χ2n) is 8.25. The summed E-state index contributed by atoms with van der Waals surface area (Å²) in [6.07, 6.45) is 3.71. The molecule has 4 rings (SSSR count). The standard InChI is InChI=1S/C23H27N3O5S/c1-16-7-8-18(13-17(16)2)24-22(27)15-26-20-10-9-19(14-21(20)31-23(26)28)32(29,30)25-11-5-3-4-6-12-25/h7-10,13-14H,3-6,11-12,15H2,1-2H3,(H,24,27). The Kier molecular flexibility index (Phi) is 6.21. The molecule has 1 aromatic heterocycles. The number of carbonyl (C=O) groups excluding carboxylic acids is 1. The van der Waals surface area contributed by atoms with Crippen LogP contribution in [0.5, 0.6) is 0 Å². The quantitative estimate of drug-likeness (QED) is 0.633. The Balaban J connectivity index is 1.57. The van der Waals surface area contributed by atoms with Gasteiger partial charge in [-0.3, -0.25) is 9.36 Å². The van der Waals surface area contributed by atoms with Crippen LogP contribution in [0.25, 0.3) is 11.1 Å². The Morgan fingerprint density at radius 1 is 1.00 bits per heavy atom. The molecule has 1 aliphatic heterocycles. The summed E-state index contributed by atoms with van der Waals surface area (Å²) in [7, 11) is -3.67. The van der Waals surface area contributed by atoms with E-state index in [1.165, 1.54) is 27.1 Å². The van der Waals surface area contributed by atoms with Crippen molar-refractivity contribution in [2.24, 2.45) is 0 Å². The Labute approximate surface area is 186 Å². The number of hydrogen-bond acceptors (Lipinski definition) is 5. The molecule has 0 unspecified atom stereocenters. The maximum absolute atomic E-state index is 13.0. The summed E-state index contributed by atoms with van der Waals surface area (Å²) in [6, 6.07) is 9.94. The first kappa shape index (κ1) is 22.3. The predicted molar refractivity (Wildman–Crippen MR) is 122 cm³/mol. The van der Waals surface area contributed by atoms with Gasteiger partial charge in [-0.25, -0.2) is 13.2 Å². The summed E-state index contributed by atoms with van der Waals surface area (Å²) in [5.41, 5.74) is 3.33. The van der Waals surface area contributed by atoms with Crippen molar-refractivity contribution in [2.45, 2.75) is 51.0 Å². The topological polar surface area (TPSA) is 102 Å². The van der Waals surface area contributed by atoms with Crippen LogP contribution in [0.1, 0.15) is 36.8 Å². The summed E-state index contributed by atoms with van der Waals surface area (Å²) in [4.78, 5) is 25.0. The van der Waals surface area contributed by atoms with Crippen LogP contribution < -0.4 is 11.1 Å². The summed E-state index contributed by atoms with van der Waals surface area (Å²) in [5, 5.41) is 2.78. The molecule has 32 heavy (non-hydrogen) atoms. The molecule has 0 radical (unpaired) electrons. The number of sulfonamides is 1. The lowest BCUT2D eigenvalue weighted by atomic mass is 10.1. The minimum absolute atomic E-state index is 0.0902. The number of aryl methyl sites for hydroxylation is 2. The van der Waals surface area contributed by atoms with Crippen LogP contribution in [0.3, 0.4) is 0 Å². The number of rotatable bonds is 5. The average molecular weight is 458 g/mol. The van der Waals surface area contributed by atoms with Gasteiger partial charge in [-0.05, 0) is 62.1 Å². The van der Waals surface area contributed by atoms with Crippen LogP contribution in [-0.4, -0.2) is 36.3 Å². The molecule has 8 nitrogen and oxygen atoms in total. The van der Waals surface area contributed by atoms with E-state index in [4.69, 9.17) is 4.42 Å². The zero-order valence-electron chi connectivity index (χ0n) is 18.3.